The smallest absolute Gasteiger partial charge is 0.307 e. The number of rotatable bonds is 10. The Kier molecular flexibility index (Phi) is 8.00. The summed E-state index contributed by atoms with van der Waals surface area (Å²) in [7, 11) is 0. The Morgan fingerprint density at radius 3 is 2.80 bits per heavy atom. The minimum atomic E-state index is -0.923. The fourth-order valence-electron chi connectivity index (χ4n) is 4.31. The number of carbonyl (C=O) groups is 1. The highest BCUT2D eigenvalue weighted by molar-refractivity contribution is 5.72. The van der Waals surface area contributed by atoms with Crippen LogP contribution in [0.25, 0.3) is 11.1 Å². The largest absolute Gasteiger partial charge is 0.489 e. The number of para-hydroxylation sites is 1. The van der Waals surface area contributed by atoms with Crippen molar-refractivity contribution >= 4 is 11.7 Å². The van der Waals surface area contributed by atoms with Crippen molar-refractivity contribution in [2.45, 2.75) is 44.9 Å². The van der Waals surface area contributed by atoms with Crippen LogP contribution in [0.4, 0.5) is 10.1 Å². The molecule has 0 aromatic heterocycles. The van der Waals surface area contributed by atoms with E-state index in [0.717, 1.165) is 30.7 Å². The molecule has 3 aromatic carbocycles. The standard InChI is InChI=1S/C28H31FN2O4/c1-18(30)24-8-4-9-25(28(24)29)21-12-19(13-22(14-21)31-16-23-7-5-11-34-23)17-35-26-10-3-2-6-20(26)15-27(32)33/h2-4,6,8-10,12-14,18,23,31H,5,7,11,15-17,30H2,1H3,(H,32,33)/t18-,23?/m1/s1. The Hall–Kier alpha value is -3.42. The molecule has 4 rings (SSSR count). The van der Waals surface area contributed by atoms with E-state index >= 15 is 4.39 Å². The Balaban J connectivity index is 1.63. The lowest BCUT2D eigenvalue weighted by Crippen LogP contribution is -2.18. The van der Waals surface area contributed by atoms with Crippen molar-refractivity contribution in [2.75, 3.05) is 18.5 Å². The maximum Gasteiger partial charge on any atom is 0.307 e. The van der Waals surface area contributed by atoms with Crippen molar-refractivity contribution in [2.24, 2.45) is 5.73 Å². The molecule has 1 saturated heterocycles. The van der Waals surface area contributed by atoms with Gasteiger partial charge in [0.05, 0.1) is 12.5 Å². The average molecular weight is 479 g/mol. The van der Waals surface area contributed by atoms with Gasteiger partial charge in [0.25, 0.3) is 0 Å². The van der Waals surface area contributed by atoms with Crippen LogP contribution in [-0.2, 0) is 22.6 Å². The molecule has 7 heteroatoms. The van der Waals surface area contributed by atoms with Crippen LogP contribution in [0.5, 0.6) is 5.75 Å². The van der Waals surface area contributed by atoms with Gasteiger partial charge in [0.2, 0.25) is 0 Å². The van der Waals surface area contributed by atoms with Gasteiger partial charge in [0.1, 0.15) is 18.2 Å². The molecular formula is C28H31FN2O4. The summed E-state index contributed by atoms with van der Waals surface area (Å²) in [5.41, 5.74) is 9.87. The lowest BCUT2D eigenvalue weighted by molar-refractivity contribution is -0.136. The van der Waals surface area contributed by atoms with Crippen LogP contribution in [0.15, 0.2) is 60.7 Å². The molecule has 35 heavy (non-hydrogen) atoms. The van der Waals surface area contributed by atoms with Crippen LogP contribution in [0.1, 0.15) is 42.5 Å². The molecule has 2 atom stereocenters. The number of benzene rings is 3. The highest BCUT2D eigenvalue weighted by Crippen LogP contribution is 2.31. The second-order valence-corrected chi connectivity index (χ2v) is 8.90. The quantitative estimate of drug-likeness (QED) is 0.366. The third kappa shape index (κ3) is 6.38. The van der Waals surface area contributed by atoms with Gasteiger partial charge in [0, 0.05) is 41.6 Å². The van der Waals surface area contributed by atoms with Crippen LogP contribution >= 0.6 is 0 Å². The molecule has 0 saturated carbocycles. The summed E-state index contributed by atoms with van der Waals surface area (Å²) in [5, 5.41) is 12.6. The monoisotopic (exact) mass is 478 g/mol. The summed E-state index contributed by atoms with van der Waals surface area (Å²) in [5.74, 6) is -0.745. The third-order valence-corrected chi connectivity index (χ3v) is 6.09. The second-order valence-electron chi connectivity index (χ2n) is 8.90. The first-order valence-electron chi connectivity index (χ1n) is 11.9. The summed E-state index contributed by atoms with van der Waals surface area (Å²) >= 11 is 0. The number of carboxylic acids is 1. The number of aliphatic carboxylic acids is 1. The number of anilines is 1. The van der Waals surface area contributed by atoms with Gasteiger partial charge < -0.3 is 25.6 Å². The summed E-state index contributed by atoms with van der Waals surface area (Å²) in [6, 6.07) is 17.7. The molecule has 0 spiro atoms. The molecule has 1 aliphatic heterocycles. The predicted molar refractivity (Wildman–Crippen MR) is 134 cm³/mol. The maximum atomic E-state index is 15.3. The molecule has 3 aromatic rings. The molecule has 1 fully saturated rings. The Morgan fingerprint density at radius 1 is 1.23 bits per heavy atom. The summed E-state index contributed by atoms with van der Waals surface area (Å²) in [6.45, 7) is 3.40. The highest BCUT2D eigenvalue weighted by atomic mass is 19.1. The number of halogens is 1. The van der Waals surface area contributed by atoms with Crippen molar-refractivity contribution in [3.05, 3.63) is 83.2 Å². The van der Waals surface area contributed by atoms with Crippen molar-refractivity contribution in [1.82, 2.24) is 0 Å². The molecule has 4 N–H and O–H groups in total. The van der Waals surface area contributed by atoms with Gasteiger partial charge in [-0.3, -0.25) is 4.79 Å². The molecule has 1 heterocycles. The van der Waals surface area contributed by atoms with Crippen LogP contribution in [0.2, 0.25) is 0 Å². The zero-order chi connectivity index (χ0) is 24.8. The van der Waals surface area contributed by atoms with Crippen LogP contribution in [-0.4, -0.2) is 30.3 Å². The van der Waals surface area contributed by atoms with Crippen LogP contribution in [0, 0.1) is 5.82 Å². The van der Waals surface area contributed by atoms with E-state index in [-0.39, 0.29) is 24.9 Å². The van der Waals surface area contributed by atoms with Gasteiger partial charge in [-0.25, -0.2) is 4.39 Å². The summed E-state index contributed by atoms with van der Waals surface area (Å²) in [4.78, 5) is 11.2. The predicted octanol–water partition coefficient (Wildman–Crippen LogP) is 5.31. The Labute approximate surface area is 204 Å². The first-order valence-corrected chi connectivity index (χ1v) is 11.9. The molecule has 0 aliphatic carbocycles. The molecule has 1 unspecified atom stereocenters. The zero-order valence-corrected chi connectivity index (χ0v) is 19.8. The van der Waals surface area contributed by atoms with Crippen LogP contribution < -0.4 is 15.8 Å². The molecular weight excluding hydrogens is 447 g/mol. The minimum absolute atomic E-state index is 0.125. The fourth-order valence-corrected chi connectivity index (χ4v) is 4.31. The molecule has 184 valence electrons. The Bertz CT molecular complexity index is 1180. The minimum Gasteiger partial charge on any atom is -0.489 e. The molecule has 6 nitrogen and oxygen atoms in total. The number of ether oxygens (including phenoxy) is 2. The van der Waals surface area contributed by atoms with Crippen LogP contribution in [0.3, 0.4) is 0 Å². The number of carboxylic acid groups (broad SMARTS) is 1. The van der Waals surface area contributed by atoms with Crippen molar-refractivity contribution < 1.29 is 23.8 Å². The van der Waals surface area contributed by atoms with Gasteiger partial charge in [-0.1, -0.05) is 36.4 Å². The van der Waals surface area contributed by atoms with Gasteiger partial charge in [-0.15, -0.1) is 0 Å². The normalized spacial score (nSPS) is 16.1. The fraction of sp³-hybridized carbons (Fsp3) is 0.321. The van der Waals surface area contributed by atoms with Crippen molar-refractivity contribution in [3.63, 3.8) is 0 Å². The van der Waals surface area contributed by atoms with Gasteiger partial charge in [-0.2, -0.15) is 0 Å². The summed E-state index contributed by atoms with van der Waals surface area (Å²) in [6.07, 6.45) is 2.09. The number of nitrogens with one attached hydrogen (secondary N) is 1. The van der Waals surface area contributed by atoms with Gasteiger partial charge in [0.15, 0.2) is 0 Å². The first-order chi connectivity index (χ1) is 16.9. The molecule has 0 amide bonds. The van der Waals surface area contributed by atoms with E-state index in [0.29, 0.717) is 34.5 Å². The SMILES string of the molecule is C[C@@H](N)c1cccc(-c2cc(COc3ccccc3CC(=O)O)cc(NCC3CCCO3)c2)c1F. The van der Waals surface area contributed by atoms with E-state index < -0.39 is 12.0 Å². The van der Waals surface area contributed by atoms with E-state index in [4.69, 9.17) is 15.2 Å². The number of nitrogens with two attached hydrogens (primary N) is 1. The topological polar surface area (TPSA) is 93.8 Å². The maximum absolute atomic E-state index is 15.3. The third-order valence-electron chi connectivity index (χ3n) is 6.09. The zero-order valence-electron chi connectivity index (χ0n) is 19.8. The van der Waals surface area contributed by atoms with Gasteiger partial charge >= 0.3 is 5.97 Å². The second kappa shape index (κ2) is 11.3. The van der Waals surface area contributed by atoms with E-state index in [9.17, 15) is 9.90 Å². The molecule has 1 aliphatic rings. The number of hydrogen-bond donors (Lipinski definition) is 3. The van der Waals surface area contributed by atoms with Crippen molar-refractivity contribution in [3.8, 4) is 16.9 Å². The van der Waals surface area contributed by atoms with Gasteiger partial charge in [-0.05, 0) is 55.2 Å². The molecule has 0 bridgehead atoms. The molecule has 0 radical (unpaired) electrons. The highest BCUT2D eigenvalue weighted by Gasteiger charge is 2.17. The Morgan fingerprint density at radius 2 is 2.06 bits per heavy atom. The lowest BCUT2D eigenvalue weighted by Gasteiger charge is -2.17. The lowest BCUT2D eigenvalue weighted by atomic mass is 9.97. The van der Waals surface area contributed by atoms with E-state index in [2.05, 4.69) is 5.32 Å². The van der Waals surface area contributed by atoms with E-state index in [1.165, 1.54) is 0 Å². The summed E-state index contributed by atoms with van der Waals surface area (Å²) < 4.78 is 27.1. The van der Waals surface area contributed by atoms with E-state index in [1.54, 1.807) is 43.3 Å². The van der Waals surface area contributed by atoms with E-state index in [1.807, 2.05) is 24.3 Å². The first kappa shape index (κ1) is 24.7. The number of hydrogen-bond acceptors (Lipinski definition) is 5. The average Bonchev–Trinajstić information content (AvgIpc) is 3.35. The van der Waals surface area contributed by atoms with Crippen molar-refractivity contribution in [1.29, 1.82) is 0 Å².